The lowest BCUT2D eigenvalue weighted by atomic mass is 10.0. The van der Waals surface area contributed by atoms with Crippen LogP contribution in [0.5, 0.6) is 0 Å². The Bertz CT molecular complexity index is 1810. The van der Waals surface area contributed by atoms with Gasteiger partial charge in [-0.1, -0.05) is 289 Å². The van der Waals surface area contributed by atoms with E-state index in [2.05, 4.69) is 135 Å². The molecule has 2 atom stereocenters. The number of carbonyl (C=O) groups excluding carboxylic acids is 3. The molecule has 2 unspecified atom stereocenters. The van der Waals surface area contributed by atoms with Crippen LogP contribution >= 0.6 is 0 Å². The molecule has 0 amide bonds. The zero-order valence-electron chi connectivity index (χ0n) is 55.4. The summed E-state index contributed by atoms with van der Waals surface area (Å²) in [6.45, 7) is 4.49. The molecule has 0 saturated heterocycles. The average molecular weight is 1180 g/mol. The molecule has 9 nitrogen and oxygen atoms in total. The van der Waals surface area contributed by atoms with Crippen molar-refractivity contribution in [2.75, 3.05) is 47.5 Å². The second-order valence-corrected chi connectivity index (χ2v) is 24.1. The Morgan fingerprint density at radius 3 is 0.953 bits per heavy atom. The molecule has 486 valence electrons. The minimum absolute atomic E-state index is 0.138. The standard InChI is InChI=1S/C76H129NO8/c1-6-8-10-12-14-16-18-20-22-24-26-27-28-29-30-31-32-33-34-35-36-37-38-39-40-41-42-43-44-45-46-47-49-51-53-55-57-59-61-63-65-67-74(79)85-72(71-84-76(75(80)81)82-69-68-77(3,4)5)70-83-73(78)66-64-62-60-58-56-54-52-50-48-25-23-21-19-17-15-13-11-9-7-2/h8-11,14-17,20-23,26-27,29-30,48,50,54,56,72,76H,6-7,12-13,18-19,24-25,28,31-47,49,51-53,55,57-71H2,1-5H3/b10-8-,11-9-,16-14-,17-15-,22-20-,23-21-,27-26-,30-29-,50-48-,56-54-. The molecule has 0 spiro atoms. The molecule has 0 aliphatic rings. The minimum atomic E-state index is -1.63. The molecule has 0 aromatic rings. The number of allylic oxidation sites excluding steroid dienone is 20. The van der Waals surface area contributed by atoms with E-state index in [1.165, 1.54) is 141 Å². The Labute approximate surface area is 523 Å². The number of ether oxygens (including phenoxy) is 4. The number of rotatable bonds is 63. The van der Waals surface area contributed by atoms with Crippen LogP contribution in [0.4, 0.5) is 0 Å². The second kappa shape index (κ2) is 65.7. The number of carboxylic acid groups (broad SMARTS) is 1. The van der Waals surface area contributed by atoms with E-state index in [9.17, 15) is 19.5 Å². The smallest absolute Gasteiger partial charge is 0.306 e. The number of esters is 2. The number of hydrogen-bond acceptors (Lipinski definition) is 8. The van der Waals surface area contributed by atoms with Gasteiger partial charge < -0.3 is 33.3 Å². The van der Waals surface area contributed by atoms with Gasteiger partial charge in [-0.3, -0.25) is 9.59 Å². The van der Waals surface area contributed by atoms with E-state index in [0.717, 1.165) is 103 Å². The Hall–Kier alpha value is -4.31. The highest BCUT2D eigenvalue weighted by Crippen LogP contribution is 2.17. The van der Waals surface area contributed by atoms with Crippen LogP contribution in [-0.2, 0) is 33.3 Å². The summed E-state index contributed by atoms with van der Waals surface area (Å²) >= 11 is 0. The maximum absolute atomic E-state index is 12.9. The first kappa shape index (κ1) is 80.7. The van der Waals surface area contributed by atoms with Crippen molar-refractivity contribution in [2.24, 2.45) is 0 Å². The predicted octanol–water partition coefficient (Wildman–Crippen LogP) is 20.2. The summed E-state index contributed by atoms with van der Waals surface area (Å²) in [5, 5.41) is 11.8. The summed E-state index contributed by atoms with van der Waals surface area (Å²) in [6, 6.07) is 0. The fraction of sp³-hybridized carbons (Fsp3) is 0.697. The Morgan fingerprint density at radius 2 is 0.635 bits per heavy atom. The predicted molar refractivity (Wildman–Crippen MR) is 361 cm³/mol. The van der Waals surface area contributed by atoms with Gasteiger partial charge in [0.05, 0.1) is 40.3 Å². The lowest BCUT2D eigenvalue weighted by Gasteiger charge is -2.26. The maximum atomic E-state index is 12.9. The number of unbranched alkanes of at least 4 members (excludes halogenated alkanes) is 28. The number of quaternary nitrogens is 1. The van der Waals surface area contributed by atoms with Crippen LogP contribution in [0.3, 0.4) is 0 Å². The van der Waals surface area contributed by atoms with Gasteiger partial charge in [0, 0.05) is 12.8 Å². The quantitative estimate of drug-likeness (QED) is 0.0195. The molecule has 0 aliphatic carbocycles. The molecular formula is C76H129NO8. The normalized spacial score (nSPS) is 13.5. The fourth-order valence-electron chi connectivity index (χ4n) is 9.47. The Morgan fingerprint density at radius 1 is 0.353 bits per heavy atom. The SMILES string of the molecule is CC/C=C\C/C=C\C/C=C\C/C=C\C/C=C\CCCCCCCCCCCCCCCCCCCCCCCCCCCC(=O)OC(COC(=O)CCCCC/C=C\C/C=C\C/C=C\C/C=C\C/C=C\CC)COC(OCC[N+](C)(C)C)C(=O)[O-]. The number of carbonyl (C=O) groups is 3. The fourth-order valence-corrected chi connectivity index (χ4v) is 9.47. The number of hydrogen-bond donors (Lipinski definition) is 0. The van der Waals surface area contributed by atoms with E-state index in [1.54, 1.807) is 0 Å². The Balaban J connectivity index is 4.02. The van der Waals surface area contributed by atoms with Gasteiger partial charge in [0.2, 0.25) is 0 Å². The summed E-state index contributed by atoms with van der Waals surface area (Å²) in [7, 11) is 5.92. The minimum Gasteiger partial charge on any atom is -0.545 e. The van der Waals surface area contributed by atoms with Crippen molar-refractivity contribution < 1.29 is 42.9 Å². The van der Waals surface area contributed by atoms with Crippen LogP contribution in [0.25, 0.3) is 0 Å². The van der Waals surface area contributed by atoms with Crippen LogP contribution in [-0.4, -0.2) is 82.3 Å². The topological polar surface area (TPSA) is 111 Å². The molecule has 0 bridgehead atoms. The zero-order valence-corrected chi connectivity index (χ0v) is 55.4. The molecule has 0 fully saturated rings. The lowest BCUT2D eigenvalue weighted by molar-refractivity contribution is -0.870. The van der Waals surface area contributed by atoms with Crippen molar-refractivity contribution in [3.05, 3.63) is 122 Å². The van der Waals surface area contributed by atoms with Gasteiger partial charge in [-0.05, 0) is 103 Å². The van der Waals surface area contributed by atoms with E-state index in [4.69, 9.17) is 18.9 Å². The van der Waals surface area contributed by atoms with Crippen LogP contribution in [0.1, 0.15) is 284 Å². The molecule has 0 N–H and O–H groups in total. The van der Waals surface area contributed by atoms with Gasteiger partial charge in [-0.25, -0.2) is 0 Å². The third kappa shape index (κ3) is 67.1. The molecule has 0 heterocycles. The molecule has 85 heavy (non-hydrogen) atoms. The first-order valence-corrected chi connectivity index (χ1v) is 34.7. The van der Waals surface area contributed by atoms with E-state index < -0.39 is 24.3 Å². The molecule has 0 rings (SSSR count). The van der Waals surface area contributed by atoms with Crippen molar-refractivity contribution in [2.45, 2.75) is 296 Å². The molecule has 0 radical (unpaired) electrons. The summed E-state index contributed by atoms with van der Waals surface area (Å²) in [5.41, 5.74) is 0. The number of likely N-dealkylation sites (N-methyl/N-ethyl adjacent to an activating group) is 1. The monoisotopic (exact) mass is 1180 g/mol. The highest BCUT2D eigenvalue weighted by atomic mass is 16.7. The van der Waals surface area contributed by atoms with Gasteiger partial charge in [-0.15, -0.1) is 0 Å². The first-order chi connectivity index (χ1) is 41.6. The van der Waals surface area contributed by atoms with Crippen LogP contribution in [0, 0.1) is 0 Å². The largest absolute Gasteiger partial charge is 0.545 e. The van der Waals surface area contributed by atoms with Gasteiger partial charge >= 0.3 is 11.9 Å². The van der Waals surface area contributed by atoms with Crippen molar-refractivity contribution in [1.82, 2.24) is 0 Å². The van der Waals surface area contributed by atoms with Gasteiger partial charge in [0.1, 0.15) is 13.2 Å². The zero-order chi connectivity index (χ0) is 61.9. The van der Waals surface area contributed by atoms with Crippen molar-refractivity contribution in [3.8, 4) is 0 Å². The highest BCUT2D eigenvalue weighted by Gasteiger charge is 2.22. The van der Waals surface area contributed by atoms with Crippen molar-refractivity contribution >= 4 is 17.9 Å². The highest BCUT2D eigenvalue weighted by molar-refractivity contribution is 5.70. The van der Waals surface area contributed by atoms with Crippen LogP contribution < -0.4 is 5.11 Å². The first-order valence-electron chi connectivity index (χ1n) is 34.7. The van der Waals surface area contributed by atoms with E-state index >= 15 is 0 Å². The summed E-state index contributed by atoms with van der Waals surface area (Å²) in [4.78, 5) is 37.4. The Kier molecular flexibility index (Phi) is 62.3. The van der Waals surface area contributed by atoms with Gasteiger partial charge in [-0.2, -0.15) is 0 Å². The molecule has 0 aromatic carbocycles. The third-order valence-corrected chi connectivity index (χ3v) is 14.7. The third-order valence-electron chi connectivity index (χ3n) is 14.7. The van der Waals surface area contributed by atoms with E-state index in [0.29, 0.717) is 23.9 Å². The summed E-state index contributed by atoms with van der Waals surface area (Å²) in [6.07, 6.45) is 90.2. The van der Waals surface area contributed by atoms with Crippen LogP contribution in [0.2, 0.25) is 0 Å². The van der Waals surface area contributed by atoms with Crippen molar-refractivity contribution in [1.29, 1.82) is 0 Å². The van der Waals surface area contributed by atoms with Crippen LogP contribution in [0.15, 0.2) is 122 Å². The summed E-state index contributed by atoms with van der Waals surface area (Å²) in [5.74, 6) is -2.32. The van der Waals surface area contributed by atoms with E-state index in [-0.39, 0.29) is 38.6 Å². The summed E-state index contributed by atoms with van der Waals surface area (Å²) < 4.78 is 22.7. The molecule has 0 saturated carbocycles. The molecule has 9 heteroatoms. The van der Waals surface area contributed by atoms with Gasteiger partial charge in [0.25, 0.3) is 0 Å². The second-order valence-electron chi connectivity index (χ2n) is 24.1. The number of aliphatic carboxylic acids is 1. The van der Waals surface area contributed by atoms with Gasteiger partial charge in [0.15, 0.2) is 12.4 Å². The molecule has 0 aliphatic heterocycles. The number of carboxylic acids is 1. The van der Waals surface area contributed by atoms with E-state index in [1.807, 2.05) is 21.1 Å². The van der Waals surface area contributed by atoms with Crippen molar-refractivity contribution in [3.63, 3.8) is 0 Å². The molecular weight excluding hydrogens is 1050 g/mol. The molecule has 0 aromatic heterocycles. The number of nitrogens with zero attached hydrogens (tertiary/aromatic N) is 1. The lowest BCUT2D eigenvalue weighted by Crippen LogP contribution is -2.44. The average Bonchev–Trinajstić information content (AvgIpc) is 3.49. The maximum Gasteiger partial charge on any atom is 0.306 e.